The molecule has 0 radical (unpaired) electrons. The van der Waals surface area contributed by atoms with Crippen LogP contribution in [0.2, 0.25) is 0 Å². The molecule has 1 amide bonds. The number of hydrazone groups is 1. The molecular weight excluding hydrogens is 464 g/mol. The summed E-state index contributed by atoms with van der Waals surface area (Å²) >= 11 is 0. The lowest BCUT2D eigenvalue weighted by atomic mass is 9.97. The first-order chi connectivity index (χ1) is 17.3. The van der Waals surface area contributed by atoms with Crippen LogP contribution >= 0.6 is 0 Å². The number of aliphatic hydroxyl groups is 1. The minimum Gasteiger partial charge on any atom is -0.392 e. The van der Waals surface area contributed by atoms with Gasteiger partial charge in [0.2, 0.25) is 0 Å². The Hall–Kier alpha value is -3.85. The number of carbonyl (C=O) groups is 1. The zero-order chi connectivity index (χ0) is 25.1. The third kappa shape index (κ3) is 3.71. The number of benzene rings is 2. The third-order valence-corrected chi connectivity index (χ3v) is 7.14. The first kappa shape index (κ1) is 22.6. The number of nitrogens with one attached hydrogen (secondary N) is 1. The van der Waals surface area contributed by atoms with E-state index in [4.69, 9.17) is 4.98 Å². The molecule has 1 aliphatic carbocycles. The predicted octanol–water partition coefficient (Wildman–Crippen LogP) is 4.10. The van der Waals surface area contributed by atoms with Gasteiger partial charge in [-0.25, -0.2) is 13.8 Å². The standard InChI is InChI=1S/C27H25F2N5O2/c1-14-31-32-26(33(14)2)20-11-18(28)5-6-19(20)17-9-24(16-3-4-16)30-25(10-17)34-12-22-21(27(34)36)7-15(13-35)8-23(22)29/h5-11,14,16,31,35H,3-4,12-13H2,1-2H3. The summed E-state index contributed by atoms with van der Waals surface area (Å²) in [6.45, 7) is 1.67. The Bertz CT molecular complexity index is 1440. The van der Waals surface area contributed by atoms with Crippen LogP contribution in [0.3, 0.4) is 0 Å². The van der Waals surface area contributed by atoms with E-state index >= 15 is 0 Å². The second-order valence-electron chi connectivity index (χ2n) is 9.61. The molecule has 6 rings (SSSR count). The number of aromatic nitrogens is 1. The molecule has 2 aromatic carbocycles. The van der Waals surface area contributed by atoms with Crippen molar-refractivity contribution in [2.24, 2.45) is 5.10 Å². The van der Waals surface area contributed by atoms with E-state index in [9.17, 15) is 18.7 Å². The van der Waals surface area contributed by atoms with Gasteiger partial charge in [0.25, 0.3) is 5.91 Å². The number of hydrogen-bond donors (Lipinski definition) is 2. The number of aliphatic hydroxyl groups excluding tert-OH is 1. The van der Waals surface area contributed by atoms with Gasteiger partial charge in [0.15, 0.2) is 5.84 Å². The largest absolute Gasteiger partial charge is 0.392 e. The van der Waals surface area contributed by atoms with E-state index in [0.717, 1.165) is 29.7 Å². The fourth-order valence-electron chi connectivity index (χ4n) is 4.82. The molecule has 0 spiro atoms. The predicted molar refractivity (Wildman–Crippen MR) is 131 cm³/mol. The summed E-state index contributed by atoms with van der Waals surface area (Å²) in [6, 6.07) is 11.2. The topological polar surface area (TPSA) is 81.1 Å². The van der Waals surface area contributed by atoms with Crippen LogP contribution in [0.25, 0.3) is 11.1 Å². The van der Waals surface area contributed by atoms with E-state index in [-0.39, 0.29) is 36.6 Å². The number of rotatable bonds is 5. The monoisotopic (exact) mass is 489 g/mol. The van der Waals surface area contributed by atoms with E-state index < -0.39 is 5.82 Å². The van der Waals surface area contributed by atoms with Gasteiger partial charge in [-0.3, -0.25) is 15.1 Å². The first-order valence-electron chi connectivity index (χ1n) is 12.0. The van der Waals surface area contributed by atoms with Gasteiger partial charge in [0.05, 0.1) is 13.2 Å². The SMILES string of the molecule is CC1NN=C(c2cc(F)ccc2-c2cc(C3CC3)nc(N3Cc4c(F)cc(CO)cc4C3=O)c2)N1C. The maximum Gasteiger partial charge on any atom is 0.260 e. The number of amidine groups is 1. The second kappa shape index (κ2) is 8.37. The zero-order valence-corrected chi connectivity index (χ0v) is 19.9. The molecule has 3 heterocycles. The molecule has 9 heteroatoms. The summed E-state index contributed by atoms with van der Waals surface area (Å²) in [5.74, 6) is 0.0780. The van der Waals surface area contributed by atoms with Crippen LogP contribution in [0.15, 0.2) is 47.6 Å². The summed E-state index contributed by atoms with van der Waals surface area (Å²) < 4.78 is 29.1. The summed E-state index contributed by atoms with van der Waals surface area (Å²) in [5, 5.41) is 13.9. The summed E-state index contributed by atoms with van der Waals surface area (Å²) in [7, 11) is 1.89. The molecule has 7 nitrogen and oxygen atoms in total. The summed E-state index contributed by atoms with van der Waals surface area (Å²) in [4.78, 5) is 21.5. The highest BCUT2D eigenvalue weighted by atomic mass is 19.1. The van der Waals surface area contributed by atoms with Crippen LogP contribution in [-0.2, 0) is 13.2 Å². The van der Waals surface area contributed by atoms with E-state index in [1.165, 1.54) is 29.2 Å². The van der Waals surface area contributed by atoms with E-state index in [1.54, 1.807) is 12.1 Å². The minimum absolute atomic E-state index is 0.0365. The zero-order valence-electron chi connectivity index (χ0n) is 19.9. The first-order valence-corrected chi connectivity index (χ1v) is 12.0. The van der Waals surface area contributed by atoms with Gasteiger partial charge in [-0.1, -0.05) is 6.07 Å². The van der Waals surface area contributed by atoms with Crippen molar-refractivity contribution in [2.45, 2.75) is 45.0 Å². The highest BCUT2D eigenvalue weighted by Gasteiger charge is 2.34. The number of pyridine rings is 1. The number of fused-ring (bicyclic) bond motifs is 1. The number of hydrogen-bond acceptors (Lipinski definition) is 6. The molecule has 0 bridgehead atoms. The van der Waals surface area contributed by atoms with Gasteiger partial charge in [0, 0.05) is 35.3 Å². The average Bonchev–Trinajstić information content (AvgIpc) is 3.60. The van der Waals surface area contributed by atoms with Crippen molar-refractivity contribution in [1.29, 1.82) is 0 Å². The molecule has 36 heavy (non-hydrogen) atoms. The van der Waals surface area contributed by atoms with Gasteiger partial charge in [-0.05, 0) is 72.9 Å². The summed E-state index contributed by atoms with van der Waals surface area (Å²) in [6.07, 6.45) is 1.97. The Balaban J connectivity index is 1.46. The lowest BCUT2D eigenvalue weighted by molar-refractivity contribution is 0.0995. The highest BCUT2D eigenvalue weighted by molar-refractivity contribution is 6.10. The van der Waals surface area contributed by atoms with Gasteiger partial charge in [-0.2, -0.15) is 5.10 Å². The van der Waals surface area contributed by atoms with Crippen molar-refractivity contribution in [3.05, 3.63) is 82.0 Å². The number of carbonyl (C=O) groups excluding carboxylic acids is 1. The molecule has 1 aromatic heterocycles. The quantitative estimate of drug-likeness (QED) is 0.564. The van der Waals surface area contributed by atoms with Gasteiger partial charge < -0.3 is 10.0 Å². The number of anilines is 1. The molecule has 2 N–H and O–H groups in total. The number of halogens is 2. The molecular formula is C27H25F2N5O2. The van der Waals surface area contributed by atoms with Crippen molar-refractivity contribution < 1.29 is 18.7 Å². The Morgan fingerprint density at radius 3 is 2.58 bits per heavy atom. The van der Waals surface area contributed by atoms with Crippen LogP contribution < -0.4 is 10.3 Å². The van der Waals surface area contributed by atoms with Crippen LogP contribution in [0.1, 0.15) is 58.4 Å². The average molecular weight is 490 g/mol. The van der Waals surface area contributed by atoms with Gasteiger partial charge in [-0.15, -0.1) is 0 Å². The Morgan fingerprint density at radius 1 is 1.08 bits per heavy atom. The molecule has 0 saturated heterocycles. The molecule has 2 aliphatic heterocycles. The summed E-state index contributed by atoms with van der Waals surface area (Å²) in [5.41, 5.74) is 6.93. The molecule has 1 unspecified atom stereocenters. The Kier molecular flexibility index (Phi) is 5.26. The lowest BCUT2D eigenvalue weighted by Crippen LogP contribution is -2.34. The fourth-order valence-corrected chi connectivity index (χ4v) is 4.82. The van der Waals surface area contributed by atoms with E-state index in [2.05, 4.69) is 10.5 Å². The van der Waals surface area contributed by atoms with Crippen molar-refractivity contribution in [3.8, 4) is 11.1 Å². The van der Waals surface area contributed by atoms with Gasteiger partial charge >= 0.3 is 0 Å². The van der Waals surface area contributed by atoms with Crippen molar-refractivity contribution in [2.75, 3.05) is 11.9 Å². The maximum atomic E-state index is 14.7. The Morgan fingerprint density at radius 2 is 1.89 bits per heavy atom. The smallest absolute Gasteiger partial charge is 0.260 e. The lowest BCUT2D eigenvalue weighted by Gasteiger charge is -2.21. The number of nitrogens with zero attached hydrogens (tertiary/aromatic N) is 4. The van der Waals surface area contributed by atoms with Crippen molar-refractivity contribution >= 4 is 17.6 Å². The van der Waals surface area contributed by atoms with E-state index in [0.29, 0.717) is 34.3 Å². The van der Waals surface area contributed by atoms with Crippen LogP contribution in [0.5, 0.6) is 0 Å². The second-order valence-corrected chi connectivity index (χ2v) is 9.61. The third-order valence-electron chi connectivity index (χ3n) is 7.14. The van der Waals surface area contributed by atoms with Crippen LogP contribution in [0.4, 0.5) is 14.6 Å². The van der Waals surface area contributed by atoms with Gasteiger partial charge in [0.1, 0.15) is 23.6 Å². The molecule has 3 aromatic rings. The maximum absolute atomic E-state index is 14.7. The minimum atomic E-state index is -0.518. The van der Waals surface area contributed by atoms with Crippen LogP contribution in [0, 0.1) is 11.6 Å². The van der Waals surface area contributed by atoms with E-state index in [1.807, 2.05) is 24.9 Å². The number of amides is 1. The fraction of sp³-hybridized carbons (Fsp3) is 0.296. The Labute approximate surface area is 207 Å². The molecule has 3 aliphatic rings. The van der Waals surface area contributed by atoms with Crippen molar-refractivity contribution in [3.63, 3.8) is 0 Å². The highest BCUT2D eigenvalue weighted by Crippen LogP contribution is 2.42. The molecule has 184 valence electrons. The van der Waals surface area contributed by atoms with Crippen molar-refractivity contribution in [1.82, 2.24) is 15.3 Å². The molecule has 1 atom stereocenters. The normalized spacial score (nSPS) is 19.0. The molecule has 1 fully saturated rings. The molecule has 1 saturated carbocycles. The van der Waals surface area contributed by atoms with Crippen LogP contribution in [-0.4, -0.2) is 39.9 Å².